The van der Waals surface area contributed by atoms with Crippen molar-refractivity contribution in [3.05, 3.63) is 42.1 Å². The Morgan fingerprint density at radius 2 is 1.96 bits per heavy atom. The summed E-state index contributed by atoms with van der Waals surface area (Å²) in [5, 5.41) is 0. The van der Waals surface area contributed by atoms with Crippen LogP contribution in [0, 0.1) is 0 Å². The average Bonchev–Trinajstić information content (AvgIpc) is 2.97. The lowest BCUT2D eigenvalue weighted by molar-refractivity contribution is 0.0997. The average molecular weight is 313 g/mol. The molecule has 0 bridgehead atoms. The van der Waals surface area contributed by atoms with E-state index in [-0.39, 0.29) is 5.69 Å². The lowest BCUT2D eigenvalue weighted by atomic mass is 10.2. The van der Waals surface area contributed by atoms with E-state index in [4.69, 9.17) is 15.2 Å². The van der Waals surface area contributed by atoms with Crippen molar-refractivity contribution in [3.8, 4) is 11.5 Å². The molecule has 2 aromatic heterocycles. The third kappa shape index (κ3) is 2.66. The van der Waals surface area contributed by atoms with Gasteiger partial charge in [-0.3, -0.25) is 4.79 Å². The van der Waals surface area contributed by atoms with Gasteiger partial charge in [0.25, 0.3) is 5.91 Å². The molecule has 3 rings (SSSR count). The highest BCUT2D eigenvalue weighted by atomic mass is 16.5. The Hall–Kier alpha value is -3.16. The van der Waals surface area contributed by atoms with Gasteiger partial charge in [-0.05, 0) is 17.7 Å². The van der Waals surface area contributed by atoms with Crippen molar-refractivity contribution in [3.63, 3.8) is 0 Å². The molecule has 3 aromatic rings. The van der Waals surface area contributed by atoms with Gasteiger partial charge in [-0.15, -0.1) is 0 Å². The zero-order valence-electron chi connectivity index (χ0n) is 12.7. The van der Waals surface area contributed by atoms with E-state index in [0.29, 0.717) is 29.2 Å². The Labute approximate surface area is 131 Å². The maximum absolute atomic E-state index is 11.4. The van der Waals surface area contributed by atoms with Crippen molar-refractivity contribution < 1.29 is 14.3 Å². The summed E-state index contributed by atoms with van der Waals surface area (Å²) in [5.74, 6) is 0.667. The molecular formula is C15H15N5O3. The summed E-state index contributed by atoms with van der Waals surface area (Å²) in [4.78, 5) is 23.6. The Kier molecular flexibility index (Phi) is 3.80. The highest BCUT2D eigenvalue weighted by molar-refractivity contribution is 6.01. The van der Waals surface area contributed by atoms with E-state index < -0.39 is 5.91 Å². The standard InChI is InChI=1S/C15H15N5O3/c1-22-10-4-3-9(5-11(10)23-2)6-20-8-19-13-12(14(16)21)17-7-18-15(13)20/h3-5,7-8H,6H2,1-2H3,(H2,16,21). The van der Waals surface area contributed by atoms with Gasteiger partial charge in [0.05, 0.1) is 27.1 Å². The van der Waals surface area contributed by atoms with Gasteiger partial charge in [-0.1, -0.05) is 6.07 Å². The van der Waals surface area contributed by atoms with Gasteiger partial charge in [0.2, 0.25) is 0 Å². The van der Waals surface area contributed by atoms with Gasteiger partial charge in [-0.2, -0.15) is 0 Å². The van der Waals surface area contributed by atoms with Gasteiger partial charge in [0, 0.05) is 0 Å². The molecule has 0 aliphatic carbocycles. The second-order valence-corrected chi connectivity index (χ2v) is 4.82. The predicted octanol–water partition coefficient (Wildman–Crippen LogP) is 0.991. The quantitative estimate of drug-likeness (QED) is 0.753. The van der Waals surface area contributed by atoms with Crippen LogP contribution in [0.4, 0.5) is 0 Å². The molecule has 2 N–H and O–H groups in total. The van der Waals surface area contributed by atoms with E-state index in [1.165, 1.54) is 6.33 Å². The number of primary amides is 1. The Morgan fingerprint density at radius 1 is 1.17 bits per heavy atom. The molecule has 0 aliphatic rings. The Bertz CT molecular complexity index is 875. The van der Waals surface area contributed by atoms with Crippen molar-refractivity contribution in [2.45, 2.75) is 6.54 Å². The van der Waals surface area contributed by atoms with Crippen LogP contribution in [-0.4, -0.2) is 39.6 Å². The number of benzene rings is 1. The number of carbonyl (C=O) groups is 1. The number of nitrogens with two attached hydrogens (primary N) is 1. The number of imidazole rings is 1. The van der Waals surface area contributed by atoms with Gasteiger partial charge in [-0.25, -0.2) is 15.0 Å². The zero-order chi connectivity index (χ0) is 16.4. The molecule has 1 amide bonds. The summed E-state index contributed by atoms with van der Waals surface area (Å²) in [6, 6.07) is 5.63. The molecule has 0 spiro atoms. The van der Waals surface area contributed by atoms with E-state index >= 15 is 0 Å². The summed E-state index contributed by atoms with van der Waals surface area (Å²) < 4.78 is 12.3. The van der Waals surface area contributed by atoms with Crippen molar-refractivity contribution in [1.29, 1.82) is 0 Å². The first-order chi connectivity index (χ1) is 11.1. The maximum atomic E-state index is 11.4. The van der Waals surface area contributed by atoms with Crippen LogP contribution in [0.1, 0.15) is 16.1 Å². The molecule has 0 aliphatic heterocycles. The van der Waals surface area contributed by atoms with Crippen LogP contribution in [0.5, 0.6) is 11.5 Å². The highest BCUT2D eigenvalue weighted by Crippen LogP contribution is 2.28. The molecule has 23 heavy (non-hydrogen) atoms. The third-order valence-corrected chi connectivity index (χ3v) is 3.44. The Balaban J connectivity index is 1.99. The molecule has 0 saturated carbocycles. The van der Waals surface area contributed by atoms with Gasteiger partial charge < -0.3 is 19.8 Å². The van der Waals surface area contributed by atoms with Crippen molar-refractivity contribution >= 4 is 17.1 Å². The number of nitrogens with zero attached hydrogens (tertiary/aromatic N) is 4. The van der Waals surface area contributed by atoms with Crippen LogP contribution in [-0.2, 0) is 6.54 Å². The number of hydrogen-bond acceptors (Lipinski definition) is 6. The lowest BCUT2D eigenvalue weighted by Gasteiger charge is -2.10. The van der Waals surface area contributed by atoms with Crippen LogP contribution < -0.4 is 15.2 Å². The summed E-state index contributed by atoms with van der Waals surface area (Å²) in [6.45, 7) is 0.506. The maximum Gasteiger partial charge on any atom is 0.269 e. The van der Waals surface area contributed by atoms with Gasteiger partial charge in [0.1, 0.15) is 11.8 Å². The molecule has 0 atom stereocenters. The molecular weight excluding hydrogens is 298 g/mol. The number of methoxy groups -OCH3 is 2. The number of aromatic nitrogens is 4. The van der Waals surface area contributed by atoms with Crippen LogP contribution >= 0.6 is 0 Å². The van der Waals surface area contributed by atoms with Crippen LogP contribution in [0.2, 0.25) is 0 Å². The molecule has 0 radical (unpaired) electrons. The molecule has 0 unspecified atom stereocenters. The minimum atomic E-state index is -0.631. The predicted molar refractivity (Wildman–Crippen MR) is 82.5 cm³/mol. The van der Waals surface area contributed by atoms with E-state index in [9.17, 15) is 4.79 Å². The second-order valence-electron chi connectivity index (χ2n) is 4.82. The lowest BCUT2D eigenvalue weighted by Crippen LogP contribution is -2.14. The van der Waals surface area contributed by atoms with Crippen LogP contribution in [0.25, 0.3) is 11.2 Å². The Morgan fingerprint density at radius 3 is 2.65 bits per heavy atom. The number of amides is 1. The minimum Gasteiger partial charge on any atom is -0.493 e. The normalized spacial score (nSPS) is 10.7. The summed E-state index contributed by atoms with van der Waals surface area (Å²) in [7, 11) is 3.17. The fraction of sp³-hybridized carbons (Fsp3) is 0.200. The van der Waals surface area contributed by atoms with E-state index in [2.05, 4.69) is 15.0 Å². The molecule has 118 valence electrons. The van der Waals surface area contributed by atoms with E-state index in [1.807, 2.05) is 22.8 Å². The first-order valence-electron chi connectivity index (χ1n) is 6.80. The van der Waals surface area contributed by atoms with Crippen molar-refractivity contribution in [1.82, 2.24) is 19.5 Å². The monoisotopic (exact) mass is 313 g/mol. The molecule has 8 nitrogen and oxygen atoms in total. The van der Waals surface area contributed by atoms with Crippen molar-refractivity contribution in [2.75, 3.05) is 14.2 Å². The molecule has 1 aromatic carbocycles. The highest BCUT2D eigenvalue weighted by Gasteiger charge is 2.14. The van der Waals surface area contributed by atoms with E-state index in [0.717, 1.165) is 5.56 Å². The summed E-state index contributed by atoms with van der Waals surface area (Å²) in [5.41, 5.74) is 7.32. The molecule has 0 saturated heterocycles. The van der Waals surface area contributed by atoms with Gasteiger partial charge >= 0.3 is 0 Å². The molecule has 0 fully saturated rings. The first-order valence-corrected chi connectivity index (χ1v) is 6.80. The fourth-order valence-corrected chi connectivity index (χ4v) is 2.35. The smallest absolute Gasteiger partial charge is 0.269 e. The number of hydrogen-bond donors (Lipinski definition) is 1. The van der Waals surface area contributed by atoms with Crippen LogP contribution in [0.3, 0.4) is 0 Å². The number of fused-ring (bicyclic) bond motifs is 1. The zero-order valence-corrected chi connectivity index (χ0v) is 12.7. The number of rotatable bonds is 5. The third-order valence-electron chi connectivity index (χ3n) is 3.44. The summed E-state index contributed by atoms with van der Waals surface area (Å²) >= 11 is 0. The SMILES string of the molecule is COc1ccc(Cn2cnc3c(C(N)=O)ncnc32)cc1OC. The van der Waals surface area contributed by atoms with Crippen LogP contribution in [0.15, 0.2) is 30.9 Å². The first kappa shape index (κ1) is 14.8. The minimum absolute atomic E-state index is 0.112. The second kappa shape index (κ2) is 5.91. The largest absolute Gasteiger partial charge is 0.493 e. The van der Waals surface area contributed by atoms with E-state index in [1.54, 1.807) is 20.5 Å². The molecule has 2 heterocycles. The number of ether oxygens (including phenoxy) is 2. The number of carbonyl (C=O) groups excluding carboxylic acids is 1. The summed E-state index contributed by atoms with van der Waals surface area (Å²) in [6.07, 6.45) is 2.90. The fourth-order valence-electron chi connectivity index (χ4n) is 2.35. The van der Waals surface area contributed by atoms with Gasteiger partial charge in [0.15, 0.2) is 22.8 Å². The molecule has 8 heteroatoms. The van der Waals surface area contributed by atoms with Crippen molar-refractivity contribution in [2.24, 2.45) is 5.73 Å². The topological polar surface area (TPSA) is 105 Å².